The molecule has 5 rings (SSSR count). The van der Waals surface area contributed by atoms with Gasteiger partial charge in [0, 0.05) is 38.3 Å². The predicted octanol–water partition coefficient (Wildman–Crippen LogP) is 4.61. The van der Waals surface area contributed by atoms with Crippen molar-refractivity contribution in [2.75, 3.05) is 36.2 Å². The minimum atomic E-state index is -3.08. The first-order valence-electron chi connectivity index (χ1n) is 10.7. The van der Waals surface area contributed by atoms with Gasteiger partial charge in [-0.1, -0.05) is 11.6 Å². The van der Waals surface area contributed by atoms with Crippen molar-refractivity contribution >= 4 is 45.4 Å². The lowest BCUT2D eigenvalue weighted by molar-refractivity contribution is -0.0579. The molecule has 3 aromatic rings. The van der Waals surface area contributed by atoms with Gasteiger partial charge in [-0.25, -0.2) is 13.8 Å². The Morgan fingerprint density at radius 2 is 2.06 bits per heavy atom. The summed E-state index contributed by atoms with van der Waals surface area (Å²) >= 11 is 6.34. The molecule has 0 spiro atoms. The van der Waals surface area contributed by atoms with Crippen molar-refractivity contribution in [2.24, 2.45) is 13.0 Å². The van der Waals surface area contributed by atoms with Gasteiger partial charge in [0.2, 0.25) is 5.75 Å². The molecule has 174 valence electrons. The second kappa shape index (κ2) is 7.76. The van der Waals surface area contributed by atoms with Crippen LogP contribution in [0.4, 0.5) is 31.7 Å². The van der Waals surface area contributed by atoms with E-state index in [2.05, 4.69) is 15.6 Å². The van der Waals surface area contributed by atoms with Crippen LogP contribution in [-0.2, 0) is 7.05 Å². The number of pyridine rings is 2. The number of nitrogens with zero attached hydrogens (tertiary/aromatic N) is 3. The molecule has 1 aliphatic heterocycles. The van der Waals surface area contributed by atoms with Crippen LogP contribution in [-0.4, -0.2) is 42.2 Å². The second-order valence-electron chi connectivity index (χ2n) is 8.85. The average Bonchev–Trinajstić information content (AvgIpc) is 3.61. The third kappa shape index (κ3) is 3.84. The van der Waals surface area contributed by atoms with Crippen LogP contribution in [0.2, 0.25) is 5.02 Å². The molecular formula is C23H24ClF2N5O2. The summed E-state index contributed by atoms with van der Waals surface area (Å²) in [5.74, 6) is -2.58. The van der Waals surface area contributed by atoms with Gasteiger partial charge < -0.3 is 24.8 Å². The molecule has 3 heterocycles. The number of hydrogen-bond acceptors (Lipinski definition) is 6. The summed E-state index contributed by atoms with van der Waals surface area (Å²) in [4.78, 5) is 19.1. The highest BCUT2D eigenvalue weighted by Gasteiger charge is 2.51. The van der Waals surface area contributed by atoms with E-state index in [9.17, 15) is 13.6 Å². The molecule has 10 heteroatoms. The molecular weight excluding hydrogens is 452 g/mol. The van der Waals surface area contributed by atoms with E-state index in [-0.39, 0.29) is 11.7 Å². The SMILES string of the molecule is CN(C)c1cc(Nc2ccc3c(c2)c2c(c(=O)n3C)OCC(F)(F)[C@H](C3CC3)N2)c(Cl)cn1. The van der Waals surface area contributed by atoms with Crippen LogP contribution in [0.3, 0.4) is 0 Å². The summed E-state index contributed by atoms with van der Waals surface area (Å²) in [6.45, 7) is -0.827. The van der Waals surface area contributed by atoms with Crippen LogP contribution < -0.4 is 25.8 Å². The second-order valence-corrected chi connectivity index (χ2v) is 9.26. The Morgan fingerprint density at radius 3 is 2.76 bits per heavy atom. The van der Waals surface area contributed by atoms with E-state index in [1.165, 1.54) is 4.57 Å². The molecule has 1 fully saturated rings. The highest BCUT2D eigenvalue weighted by molar-refractivity contribution is 6.33. The van der Waals surface area contributed by atoms with Crippen molar-refractivity contribution in [3.63, 3.8) is 0 Å². The van der Waals surface area contributed by atoms with Gasteiger partial charge in [-0.2, -0.15) is 0 Å². The first kappa shape index (κ1) is 21.8. The first-order valence-corrected chi connectivity index (χ1v) is 11.1. The summed E-state index contributed by atoms with van der Waals surface area (Å²) in [5.41, 5.74) is 1.79. The van der Waals surface area contributed by atoms with E-state index in [0.717, 1.165) is 18.7 Å². The average molecular weight is 476 g/mol. The van der Waals surface area contributed by atoms with Crippen molar-refractivity contribution in [3.8, 4) is 5.75 Å². The first-order chi connectivity index (χ1) is 15.7. The normalized spacial score (nSPS) is 19.3. The number of halogens is 3. The Hall–Kier alpha value is -3.07. The van der Waals surface area contributed by atoms with Gasteiger partial charge in [0.1, 0.15) is 5.82 Å². The number of rotatable bonds is 4. The number of anilines is 4. The Kier molecular flexibility index (Phi) is 5.12. The van der Waals surface area contributed by atoms with Gasteiger partial charge in [-0.15, -0.1) is 0 Å². The van der Waals surface area contributed by atoms with Gasteiger partial charge in [0.25, 0.3) is 5.56 Å². The Morgan fingerprint density at radius 1 is 1.30 bits per heavy atom. The van der Waals surface area contributed by atoms with E-state index in [4.69, 9.17) is 16.3 Å². The maximum Gasteiger partial charge on any atom is 0.301 e. The van der Waals surface area contributed by atoms with Crippen LogP contribution in [0.1, 0.15) is 12.8 Å². The van der Waals surface area contributed by atoms with Gasteiger partial charge in [-0.3, -0.25) is 4.79 Å². The zero-order chi connectivity index (χ0) is 23.5. The van der Waals surface area contributed by atoms with E-state index in [0.29, 0.717) is 33.0 Å². The molecule has 1 atom stereocenters. The molecule has 2 aromatic heterocycles. The molecule has 0 unspecified atom stereocenters. The molecule has 1 aliphatic carbocycles. The smallest absolute Gasteiger partial charge is 0.301 e. The Labute approximate surface area is 194 Å². The van der Waals surface area contributed by atoms with Gasteiger partial charge >= 0.3 is 5.92 Å². The fraction of sp³-hybridized carbons (Fsp3) is 0.391. The number of aryl methyl sites for hydroxylation is 1. The zero-order valence-corrected chi connectivity index (χ0v) is 19.2. The van der Waals surface area contributed by atoms with Gasteiger partial charge in [0.05, 0.1) is 34.2 Å². The van der Waals surface area contributed by atoms with Crippen molar-refractivity contribution in [2.45, 2.75) is 24.8 Å². The molecule has 33 heavy (non-hydrogen) atoms. The standard InChI is InChI=1S/C23H24ClF2N5O2/c1-30(2)18-9-16(15(24)10-27-18)28-13-6-7-17-14(8-13)19-20(22(32)31(17)3)33-11-23(25,26)21(29-19)12-4-5-12/h6-10,12,21,29H,4-5,11H2,1-3H3,(H,27,28)/t21-/m0/s1. The number of alkyl halides is 2. The lowest BCUT2D eigenvalue weighted by Gasteiger charge is -2.25. The molecule has 1 saturated carbocycles. The molecule has 2 aliphatic rings. The molecule has 1 aromatic carbocycles. The van der Waals surface area contributed by atoms with Crippen molar-refractivity contribution in [3.05, 3.63) is 45.8 Å². The van der Waals surface area contributed by atoms with Crippen molar-refractivity contribution in [1.29, 1.82) is 0 Å². The number of fused-ring (bicyclic) bond motifs is 3. The van der Waals surface area contributed by atoms with E-state index in [1.807, 2.05) is 37.2 Å². The number of aromatic nitrogens is 2. The Bertz CT molecular complexity index is 1310. The van der Waals surface area contributed by atoms with Crippen LogP contribution in [0.5, 0.6) is 5.75 Å². The summed E-state index contributed by atoms with van der Waals surface area (Å²) in [6.07, 6.45) is 3.02. The molecule has 0 saturated heterocycles. The zero-order valence-electron chi connectivity index (χ0n) is 18.5. The van der Waals surface area contributed by atoms with Gasteiger partial charge in [-0.05, 0) is 37.0 Å². The van der Waals surface area contributed by atoms with Crippen LogP contribution in [0, 0.1) is 5.92 Å². The number of hydrogen-bond donors (Lipinski definition) is 2. The molecule has 0 amide bonds. The topological polar surface area (TPSA) is 71.4 Å². The highest BCUT2D eigenvalue weighted by atomic mass is 35.5. The lowest BCUT2D eigenvalue weighted by atomic mass is 10.0. The van der Waals surface area contributed by atoms with Crippen LogP contribution in [0.25, 0.3) is 10.9 Å². The summed E-state index contributed by atoms with van der Waals surface area (Å²) in [5, 5.41) is 7.32. The van der Waals surface area contributed by atoms with Crippen LogP contribution >= 0.6 is 11.6 Å². The monoisotopic (exact) mass is 475 g/mol. The number of ether oxygens (including phenoxy) is 1. The molecule has 0 radical (unpaired) electrons. The molecule has 0 bridgehead atoms. The Balaban J connectivity index is 1.62. The van der Waals surface area contributed by atoms with Crippen LogP contribution in [0.15, 0.2) is 35.3 Å². The van der Waals surface area contributed by atoms with Gasteiger partial charge in [0.15, 0.2) is 6.61 Å². The molecule has 2 N–H and O–H groups in total. The summed E-state index contributed by atoms with van der Waals surface area (Å²) in [6, 6.07) is 6.13. The summed E-state index contributed by atoms with van der Waals surface area (Å²) < 4.78 is 36.4. The largest absolute Gasteiger partial charge is 0.480 e. The predicted molar refractivity (Wildman–Crippen MR) is 127 cm³/mol. The molecule has 7 nitrogen and oxygen atoms in total. The fourth-order valence-corrected chi connectivity index (χ4v) is 4.36. The van der Waals surface area contributed by atoms with E-state index in [1.54, 1.807) is 19.3 Å². The highest BCUT2D eigenvalue weighted by Crippen LogP contribution is 2.45. The maximum atomic E-state index is 14.8. The van der Waals surface area contributed by atoms with E-state index < -0.39 is 24.1 Å². The lowest BCUT2D eigenvalue weighted by Crippen LogP contribution is -2.44. The van der Waals surface area contributed by atoms with Crippen molar-refractivity contribution in [1.82, 2.24) is 9.55 Å². The van der Waals surface area contributed by atoms with Crippen molar-refractivity contribution < 1.29 is 13.5 Å². The minimum absolute atomic E-state index is 0.0817. The number of benzene rings is 1. The third-order valence-electron chi connectivity index (χ3n) is 6.19. The maximum absolute atomic E-state index is 14.8. The number of nitrogens with one attached hydrogen (secondary N) is 2. The summed E-state index contributed by atoms with van der Waals surface area (Å²) in [7, 11) is 5.36. The third-order valence-corrected chi connectivity index (χ3v) is 6.49. The minimum Gasteiger partial charge on any atom is -0.480 e. The quantitative estimate of drug-likeness (QED) is 0.574. The fourth-order valence-electron chi connectivity index (χ4n) is 4.21. The van der Waals surface area contributed by atoms with E-state index >= 15 is 0 Å².